The van der Waals surface area contributed by atoms with Gasteiger partial charge in [-0.1, -0.05) is 6.07 Å². The number of halogens is 3. The summed E-state index contributed by atoms with van der Waals surface area (Å²) in [7, 11) is 0. The molecule has 0 bridgehead atoms. The number of carboxylic acids is 1. The number of thiophene rings is 1. The van der Waals surface area contributed by atoms with Crippen LogP contribution in [0.2, 0.25) is 0 Å². The van der Waals surface area contributed by atoms with Gasteiger partial charge >= 0.3 is 12.1 Å². The number of carbonyl (C=O) groups is 2. The van der Waals surface area contributed by atoms with Crippen LogP contribution in [0.4, 0.5) is 13.2 Å². The Hall–Kier alpha value is -1.69. The fourth-order valence-corrected chi connectivity index (χ4v) is 3.82. The number of aliphatic carboxylic acids is 1. The van der Waals surface area contributed by atoms with E-state index in [1.165, 1.54) is 11.3 Å². The molecule has 3 heterocycles. The molecule has 1 aromatic rings. The van der Waals surface area contributed by atoms with Gasteiger partial charge in [-0.2, -0.15) is 13.2 Å². The van der Waals surface area contributed by atoms with Gasteiger partial charge < -0.3 is 19.5 Å². The Morgan fingerprint density at radius 3 is 2.48 bits per heavy atom. The molecular formula is C18H25F3N2O5S. The van der Waals surface area contributed by atoms with Crippen molar-refractivity contribution in [1.29, 1.82) is 0 Å². The highest BCUT2D eigenvalue weighted by molar-refractivity contribution is 7.12. The number of ether oxygens (including phenoxy) is 2. The van der Waals surface area contributed by atoms with Crippen LogP contribution in [0.1, 0.15) is 23.5 Å². The van der Waals surface area contributed by atoms with Crippen LogP contribution in [-0.4, -0.2) is 90.6 Å². The minimum Gasteiger partial charge on any atom is -0.475 e. The SMILES string of the molecule is CC(C)N1CCOCC2(CN(C(=O)c3cccs3)CCO2)C1.O=C(O)C(F)(F)F. The van der Waals surface area contributed by atoms with Gasteiger partial charge in [0.2, 0.25) is 0 Å². The van der Waals surface area contributed by atoms with Crippen LogP contribution in [0, 0.1) is 0 Å². The maximum Gasteiger partial charge on any atom is 0.490 e. The lowest BCUT2D eigenvalue weighted by molar-refractivity contribution is -0.192. The van der Waals surface area contributed by atoms with E-state index in [0.717, 1.165) is 24.6 Å². The second-order valence-corrected chi connectivity index (χ2v) is 8.10. The van der Waals surface area contributed by atoms with Gasteiger partial charge in [-0.15, -0.1) is 11.3 Å². The molecule has 2 aliphatic heterocycles. The van der Waals surface area contributed by atoms with Gasteiger partial charge in [0, 0.05) is 25.7 Å². The van der Waals surface area contributed by atoms with Gasteiger partial charge in [-0.3, -0.25) is 9.69 Å². The predicted molar refractivity (Wildman–Crippen MR) is 100 cm³/mol. The lowest BCUT2D eigenvalue weighted by Gasteiger charge is -2.44. The number of rotatable bonds is 2. The molecule has 0 saturated carbocycles. The molecule has 1 spiro atoms. The van der Waals surface area contributed by atoms with Crippen molar-refractivity contribution in [3.63, 3.8) is 0 Å². The minimum absolute atomic E-state index is 0.109. The van der Waals surface area contributed by atoms with Crippen LogP contribution < -0.4 is 0 Å². The van der Waals surface area contributed by atoms with Crippen LogP contribution in [-0.2, 0) is 14.3 Å². The minimum atomic E-state index is -5.08. The summed E-state index contributed by atoms with van der Waals surface area (Å²) in [4.78, 5) is 26.6. The second kappa shape index (κ2) is 9.88. The van der Waals surface area contributed by atoms with Crippen molar-refractivity contribution in [2.45, 2.75) is 31.7 Å². The molecule has 1 unspecified atom stereocenters. The number of amides is 1. The fourth-order valence-electron chi connectivity index (χ4n) is 3.13. The summed E-state index contributed by atoms with van der Waals surface area (Å²) in [6.45, 7) is 9.24. The van der Waals surface area contributed by atoms with Crippen molar-refractivity contribution in [2.75, 3.05) is 46.0 Å². The highest BCUT2D eigenvalue weighted by Gasteiger charge is 2.42. The molecule has 2 fully saturated rings. The Bertz CT molecular complexity index is 684. The lowest BCUT2D eigenvalue weighted by atomic mass is 10.0. The molecule has 2 saturated heterocycles. The van der Waals surface area contributed by atoms with Gasteiger partial charge in [0.05, 0.1) is 31.2 Å². The van der Waals surface area contributed by atoms with Gasteiger partial charge in [-0.25, -0.2) is 4.79 Å². The molecule has 3 rings (SSSR count). The van der Waals surface area contributed by atoms with Crippen molar-refractivity contribution >= 4 is 23.2 Å². The number of carbonyl (C=O) groups excluding carboxylic acids is 1. The van der Waals surface area contributed by atoms with E-state index in [1.54, 1.807) is 0 Å². The number of alkyl halides is 3. The smallest absolute Gasteiger partial charge is 0.475 e. The molecular weight excluding hydrogens is 413 g/mol. The molecule has 1 aromatic heterocycles. The number of nitrogens with zero attached hydrogens (tertiary/aromatic N) is 2. The maximum atomic E-state index is 12.6. The second-order valence-electron chi connectivity index (χ2n) is 7.16. The molecule has 2 aliphatic rings. The standard InChI is InChI=1S/C16H24N2O3S.C2HF3O2/c1-13(2)17-5-7-20-12-16(10-17)11-18(6-8-21-16)15(19)14-4-3-9-22-14;3-2(4,5)1(6)7/h3-4,9,13H,5-8,10-12H2,1-2H3;(H,6,7). The molecule has 0 aromatic carbocycles. The van der Waals surface area contributed by atoms with Crippen molar-refractivity contribution < 1.29 is 37.3 Å². The first-order valence-electron chi connectivity index (χ1n) is 9.13. The van der Waals surface area contributed by atoms with Crippen LogP contribution in [0.25, 0.3) is 0 Å². The molecule has 7 nitrogen and oxygen atoms in total. The third-order valence-corrected chi connectivity index (χ3v) is 5.48. The number of carboxylic acid groups (broad SMARTS) is 1. The van der Waals surface area contributed by atoms with E-state index >= 15 is 0 Å². The Labute approximate surface area is 171 Å². The maximum absolute atomic E-state index is 12.6. The zero-order valence-electron chi connectivity index (χ0n) is 16.3. The quantitative estimate of drug-likeness (QED) is 0.764. The average molecular weight is 438 g/mol. The third-order valence-electron chi connectivity index (χ3n) is 4.62. The fraction of sp³-hybridized carbons (Fsp3) is 0.667. The summed E-state index contributed by atoms with van der Waals surface area (Å²) in [5.41, 5.74) is -0.397. The number of hydrogen-bond acceptors (Lipinski definition) is 6. The van der Waals surface area contributed by atoms with E-state index in [1.807, 2.05) is 22.4 Å². The van der Waals surface area contributed by atoms with E-state index in [4.69, 9.17) is 19.4 Å². The van der Waals surface area contributed by atoms with E-state index < -0.39 is 17.7 Å². The van der Waals surface area contributed by atoms with Crippen LogP contribution in [0.15, 0.2) is 17.5 Å². The van der Waals surface area contributed by atoms with Crippen molar-refractivity contribution in [3.8, 4) is 0 Å². The van der Waals surface area contributed by atoms with E-state index in [2.05, 4.69) is 18.7 Å². The molecule has 0 aliphatic carbocycles. The van der Waals surface area contributed by atoms with E-state index in [-0.39, 0.29) is 5.91 Å². The third kappa shape index (κ3) is 6.66. The van der Waals surface area contributed by atoms with Crippen LogP contribution in [0.3, 0.4) is 0 Å². The molecule has 0 radical (unpaired) electrons. The first-order valence-corrected chi connectivity index (χ1v) is 10.0. The van der Waals surface area contributed by atoms with Crippen molar-refractivity contribution in [1.82, 2.24) is 9.80 Å². The van der Waals surface area contributed by atoms with Crippen LogP contribution in [0.5, 0.6) is 0 Å². The topological polar surface area (TPSA) is 79.3 Å². The Kier molecular flexibility index (Phi) is 8.03. The van der Waals surface area contributed by atoms with Gasteiger partial charge in [0.15, 0.2) is 0 Å². The molecule has 29 heavy (non-hydrogen) atoms. The van der Waals surface area contributed by atoms with E-state index in [0.29, 0.717) is 32.3 Å². The zero-order valence-corrected chi connectivity index (χ0v) is 17.1. The summed E-state index contributed by atoms with van der Waals surface area (Å²) < 4.78 is 43.6. The Balaban J connectivity index is 0.000000370. The Morgan fingerprint density at radius 1 is 1.24 bits per heavy atom. The molecule has 1 atom stereocenters. The largest absolute Gasteiger partial charge is 0.490 e. The summed E-state index contributed by atoms with van der Waals surface area (Å²) in [5.74, 6) is -2.65. The Morgan fingerprint density at radius 2 is 1.93 bits per heavy atom. The highest BCUT2D eigenvalue weighted by Crippen LogP contribution is 2.25. The van der Waals surface area contributed by atoms with Gasteiger partial charge in [-0.05, 0) is 25.3 Å². The number of hydrogen-bond donors (Lipinski definition) is 1. The lowest BCUT2D eigenvalue weighted by Crippen LogP contribution is -2.60. The van der Waals surface area contributed by atoms with Crippen molar-refractivity contribution in [2.24, 2.45) is 0 Å². The molecule has 164 valence electrons. The monoisotopic (exact) mass is 438 g/mol. The molecule has 1 N–H and O–H groups in total. The average Bonchev–Trinajstić information content (AvgIpc) is 3.10. The first kappa shape index (κ1) is 23.6. The summed E-state index contributed by atoms with van der Waals surface area (Å²) in [6.07, 6.45) is -5.08. The molecule has 11 heteroatoms. The van der Waals surface area contributed by atoms with Gasteiger partial charge in [0.25, 0.3) is 5.91 Å². The van der Waals surface area contributed by atoms with Gasteiger partial charge in [0.1, 0.15) is 5.60 Å². The first-order chi connectivity index (χ1) is 13.5. The molecule has 1 amide bonds. The number of morpholine rings is 1. The zero-order chi connectivity index (χ0) is 21.7. The normalized spacial score (nSPS) is 23.4. The van der Waals surface area contributed by atoms with Crippen molar-refractivity contribution in [3.05, 3.63) is 22.4 Å². The van der Waals surface area contributed by atoms with E-state index in [9.17, 15) is 18.0 Å². The highest BCUT2D eigenvalue weighted by atomic mass is 32.1. The summed E-state index contributed by atoms with van der Waals surface area (Å²) in [6, 6.07) is 4.26. The van der Waals surface area contributed by atoms with Crippen LogP contribution >= 0.6 is 11.3 Å². The predicted octanol–water partition coefficient (Wildman–Crippen LogP) is 2.33. The summed E-state index contributed by atoms with van der Waals surface area (Å²) >= 11 is 1.50. The summed E-state index contributed by atoms with van der Waals surface area (Å²) in [5, 5.41) is 9.07.